The van der Waals surface area contributed by atoms with Crippen LogP contribution in [0, 0.1) is 12.8 Å². The van der Waals surface area contributed by atoms with Crippen LogP contribution in [0.15, 0.2) is 78.9 Å². The number of hydroxylamine groups is 1. The van der Waals surface area contributed by atoms with Crippen molar-refractivity contribution in [3.05, 3.63) is 90.0 Å². The van der Waals surface area contributed by atoms with Gasteiger partial charge in [0, 0.05) is 19.8 Å². The van der Waals surface area contributed by atoms with Crippen LogP contribution in [0.4, 0.5) is 17.1 Å². The Kier molecular flexibility index (Phi) is 4.94. The van der Waals surface area contributed by atoms with Crippen molar-refractivity contribution >= 4 is 28.9 Å². The molecule has 0 saturated carbocycles. The Labute approximate surface area is 187 Å². The van der Waals surface area contributed by atoms with Gasteiger partial charge >= 0.3 is 0 Å². The number of carbonyl (C=O) groups excluding carboxylic acids is 2. The van der Waals surface area contributed by atoms with Gasteiger partial charge in [0.25, 0.3) is 5.91 Å². The second-order valence-corrected chi connectivity index (χ2v) is 8.44. The molecule has 2 aliphatic rings. The molecule has 2 heterocycles. The van der Waals surface area contributed by atoms with Crippen molar-refractivity contribution in [3.8, 4) is 0 Å². The molecule has 5 rings (SSSR count). The number of fused-ring (bicyclic) bond motifs is 1. The minimum Gasteiger partial charge on any atom is -0.378 e. The molecule has 6 heteroatoms. The highest BCUT2D eigenvalue weighted by molar-refractivity contribution is 6.23. The Morgan fingerprint density at radius 1 is 0.812 bits per heavy atom. The molecule has 0 radical (unpaired) electrons. The second kappa shape index (κ2) is 7.80. The number of aryl methyl sites for hydroxylation is 1. The van der Waals surface area contributed by atoms with E-state index in [4.69, 9.17) is 4.84 Å². The highest BCUT2D eigenvalue weighted by Gasteiger charge is 2.60. The van der Waals surface area contributed by atoms with Crippen molar-refractivity contribution in [2.45, 2.75) is 19.1 Å². The van der Waals surface area contributed by atoms with Gasteiger partial charge < -0.3 is 4.90 Å². The lowest BCUT2D eigenvalue weighted by atomic mass is 9.90. The average Bonchev–Trinajstić information content (AvgIpc) is 3.30. The van der Waals surface area contributed by atoms with Crippen molar-refractivity contribution in [1.82, 2.24) is 0 Å². The second-order valence-electron chi connectivity index (χ2n) is 8.44. The number of anilines is 3. The van der Waals surface area contributed by atoms with E-state index in [0.29, 0.717) is 5.69 Å². The molecule has 3 atom stereocenters. The molecule has 162 valence electrons. The van der Waals surface area contributed by atoms with E-state index < -0.39 is 18.1 Å². The van der Waals surface area contributed by atoms with Gasteiger partial charge in [0.2, 0.25) is 5.91 Å². The summed E-state index contributed by atoms with van der Waals surface area (Å²) in [5.41, 5.74) is 4.44. The van der Waals surface area contributed by atoms with Gasteiger partial charge in [0.05, 0.1) is 17.4 Å². The van der Waals surface area contributed by atoms with Crippen LogP contribution in [0.5, 0.6) is 0 Å². The van der Waals surface area contributed by atoms with Crippen LogP contribution >= 0.6 is 0 Å². The molecular formula is C26H25N3O3. The van der Waals surface area contributed by atoms with Crippen LogP contribution in [-0.4, -0.2) is 32.0 Å². The quantitative estimate of drug-likeness (QED) is 0.587. The largest absolute Gasteiger partial charge is 0.378 e. The number of para-hydroxylation sites is 2. The van der Waals surface area contributed by atoms with E-state index in [1.807, 2.05) is 92.6 Å². The molecule has 0 aromatic heterocycles. The SMILES string of the molecule is Cc1ccccc1N1O[C@H]2C(=O)N(c3ccccc3)C(=O)[C@H]2[C@H]1c1ccc(N(C)C)cc1. The molecule has 0 bridgehead atoms. The van der Waals surface area contributed by atoms with Gasteiger partial charge in [-0.25, -0.2) is 9.96 Å². The fourth-order valence-electron chi connectivity index (χ4n) is 4.57. The Morgan fingerprint density at radius 2 is 1.47 bits per heavy atom. The molecule has 0 aliphatic carbocycles. The maximum Gasteiger partial charge on any atom is 0.266 e. The van der Waals surface area contributed by atoms with Gasteiger partial charge in [0.1, 0.15) is 5.92 Å². The van der Waals surface area contributed by atoms with Crippen molar-refractivity contribution in [1.29, 1.82) is 0 Å². The third kappa shape index (κ3) is 3.15. The molecule has 2 aliphatic heterocycles. The first-order valence-electron chi connectivity index (χ1n) is 10.7. The zero-order chi connectivity index (χ0) is 22.4. The molecule has 3 aromatic carbocycles. The summed E-state index contributed by atoms with van der Waals surface area (Å²) in [7, 11) is 3.97. The van der Waals surface area contributed by atoms with Crippen LogP contribution < -0.4 is 14.9 Å². The normalized spacial score (nSPS) is 22.4. The predicted molar refractivity (Wildman–Crippen MR) is 124 cm³/mol. The molecule has 0 spiro atoms. The minimum absolute atomic E-state index is 0.232. The summed E-state index contributed by atoms with van der Waals surface area (Å²) in [6.07, 6.45) is -0.860. The Bertz CT molecular complexity index is 1160. The Hall–Kier alpha value is -3.64. The number of benzene rings is 3. The maximum absolute atomic E-state index is 13.6. The molecule has 0 N–H and O–H groups in total. The average molecular weight is 428 g/mol. The van der Waals surface area contributed by atoms with Gasteiger partial charge in [-0.2, -0.15) is 0 Å². The van der Waals surface area contributed by atoms with Crippen molar-refractivity contribution < 1.29 is 14.4 Å². The predicted octanol–water partition coefficient (Wildman–Crippen LogP) is 4.11. The van der Waals surface area contributed by atoms with E-state index in [9.17, 15) is 9.59 Å². The van der Waals surface area contributed by atoms with Gasteiger partial charge in [-0.3, -0.25) is 14.4 Å². The number of imide groups is 1. The monoisotopic (exact) mass is 427 g/mol. The van der Waals surface area contributed by atoms with E-state index in [-0.39, 0.29) is 11.8 Å². The van der Waals surface area contributed by atoms with E-state index >= 15 is 0 Å². The van der Waals surface area contributed by atoms with Crippen molar-refractivity contribution in [3.63, 3.8) is 0 Å². The lowest BCUT2D eigenvalue weighted by Gasteiger charge is -2.30. The number of nitrogens with zero attached hydrogens (tertiary/aromatic N) is 3. The van der Waals surface area contributed by atoms with Crippen molar-refractivity contribution in [2.24, 2.45) is 5.92 Å². The molecule has 32 heavy (non-hydrogen) atoms. The smallest absolute Gasteiger partial charge is 0.266 e. The number of hydrogen-bond donors (Lipinski definition) is 0. The van der Waals surface area contributed by atoms with E-state index in [2.05, 4.69) is 0 Å². The number of hydrogen-bond acceptors (Lipinski definition) is 5. The summed E-state index contributed by atoms with van der Waals surface area (Å²) in [4.78, 5) is 36.5. The molecule has 6 nitrogen and oxygen atoms in total. The molecule has 2 amide bonds. The van der Waals surface area contributed by atoms with Crippen LogP contribution in [0.2, 0.25) is 0 Å². The van der Waals surface area contributed by atoms with Gasteiger partial charge in [-0.15, -0.1) is 0 Å². The Morgan fingerprint density at radius 3 is 2.12 bits per heavy atom. The van der Waals surface area contributed by atoms with Crippen LogP contribution in [0.25, 0.3) is 0 Å². The van der Waals surface area contributed by atoms with Gasteiger partial charge in [0.15, 0.2) is 6.10 Å². The summed E-state index contributed by atoms with van der Waals surface area (Å²) >= 11 is 0. The number of amides is 2. The number of rotatable bonds is 4. The highest BCUT2D eigenvalue weighted by Crippen LogP contribution is 2.48. The van der Waals surface area contributed by atoms with E-state index in [0.717, 1.165) is 22.5 Å². The first-order chi connectivity index (χ1) is 15.5. The van der Waals surface area contributed by atoms with E-state index in [1.54, 1.807) is 17.2 Å². The lowest BCUT2D eigenvalue weighted by Crippen LogP contribution is -2.37. The molecular weight excluding hydrogens is 402 g/mol. The summed E-state index contributed by atoms with van der Waals surface area (Å²) < 4.78 is 0. The zero-order valence-corrected chi connectivity index (χ0v) is 18.3. The zero-order valence-electron chi connectivity index (χ0n) is 18.3. The third-order valence-electron chi connectivity index (χ3n) is 6.23. The van der Waals surface area contributed by atoms with Gasteiger partial charge in [-0.05, 0) is 48.4 Å². The fraction of sp³-hybridized carbons (Fsp3) is 0.231. The molecule has 3 aromatic rings. The topological polar surface area (TPSA) is 53.1 Å². The van der Waals surface area contributed by atoms with Gasteiger partial charge in [-0.1, -0.05) is 48.5 Å². The van der Waals surface area contributed by atoms with Crippen LogP contribution in [0.3, 0.4) is 0 Å². The first kappa shape index (κ1) is 20.3. The highest BCUT2D eigenvalue weighted by atomic mass is 16.7. The van der Waals surface area contributed by atoms with Crippen LogP contribution in [0.1, 0.15) is 17.2 Å². The molecule has 0 unspecified atom stereocenters. The summed E-state index contributed by atoms with van der Waals surface area (Å²) in [6.45, 7) is 2.00. The molecule has 2 fully saturated rings. The summed E-state index contributed by atoms with van der Waals surface area (Å²) in [6, 6.07) is 24.6. The van der Waals surface area contributed by atoms with Crippen molar-refractivity contribution in [2.75, 3.05) is 29.0 Å². The number of carbonyl (C=O) groups is 2. The van der Waals surface area contributed by atoms with E-state index in [1.165, 1.54) is 4.90 Å². The standard InChI is InChI=1S/C26H25N3O3/c1-17-9-7-8-12-21(17)29-23(18-13-15-19(16-14-18)27(2)3)22-24(32-29)26(31)28(25(22)30)20-10-5-4-6-11-20/h4-16,22-24H,1-3H3/t22-,23+,24+/m0/s1. The summed E-state index contributed by atoms with van der Waals surface area (Å²) in [5.74, 6) is -1.19. The maximum atomic E-state index is 13.6. The minimum atomic E-state index is -0.860. The van der Waals surface area contributed by atoms with Crippen LogP contribution in [-0.2, 0) is 14.4 Å². The molecule has 2 saturated heterocycles. The first-order valence-corrected chi connectivity index (χ1v) is 10.7. The summed E-state index contributed by atoms with van der Waals surface area (Å²) in [5, 5.41) is 1.76. The Balaban J connectivity index is 1.59. The lowest BCUT2D eigenvalue weighted by molar-refractivity contribution is -0.126. The third-order valence-corrected chi connectivity index (χ3v) is 6.23. The fourth-order valence-corrected chi connectivity index (χ4v) is 4.57.